The Bertz CT molecular complexity index is 470. The van der Waals surface area contributed by atoms with Crippen LogP contribution in [0.3, 0.4) is 0 Å². The van der Waals surface area contributed by atoms with Gasteiger partial charge in [0.2, 0.25) is 0 Å². The standard InChI is InChI=1S/C22H32O2/c1-2-3-4-5-6-7-8-9-10-11-12-13-14-15-16-17-18-19-20-21-22(23)24/h14-21H,2-3,6-13H2,1H3,(H,23,24). The fourth-order valence-corrected chi connectivity index (χ4v) is 2.05. The van der Waals surface area contributed by atoms with Crippen molar-refractivity contribution in [1.82, 2.24) is 0 Å². The van der Waals surface area contributed by atoms with Crippen LogP contribution in [0.15, 0.2) is 48.6 Å². The van der Waals surface area contributed by atoms with Crippen molar-refractivity contribution < 1.29 is 9.90 Å². The van der Waals surface area contributed by atoms with E-state index in [0.29, 0.717) is 0 Å². The Morgan fingerprint density at radius 3 is 2.08 bits per heavy atom. The smallest absolute Gasteiger partial charge is 0.328 e. The van der Waals surface area contributed by atoms with Crippen LogP contribution in [0.5, 0.6) is 0 Å². The largest absolute Gasteiger partial charge is 0.478 e. The molecule has 0 saturated heterocycles. The predicted molar refractivity (Wildman–Crippen MR) is 104 cm³/mol. The van der Waals surface area contributed by atoms with Crippen LogP contribution in [0.2, 0.25) is 0 Å². The third-order valence-corrected chi connectivity index (χ3v) is 3.35. The first kappa shape index (κ1) is 22.0. The molecule has 0 aromatic heterocycles. The van der Waals surface area contributed by atoms with Gasteiger partial charge in [-0.15, -0.1) is 11.8 Å². The molecule has 0 spiro atoms. The number of rotatable bonds is 13. The number of aliphatic carboxylic acids is 1. The van der Waals surface area contributed by atoms with Gasteiger partial charge in [-0.3, -0.25) is 0 Å². The number of carbonyl (C=O) groups is 1. The highest BCUT2D eigenvalue weighted by Gasteiger charge is 1.89. The van der Waals surface area contributed by atoms with Crippen LogP contribution in [0.25, 0.3) is 0 Å². The third-order valence-electron chi connectivity index (χ3n) is 3.35. The molecule has 0 radical (unpaired) electrons. The van der Waals surface area contributed by atoms with Gasteiger partial charge in [0.1, 0.15) is 0 Å². The summed E-state index contributed by atoms with van der Waals surface area (Å²) in [6, 6.07) is 0. The van der Waals surface area contributed by atoms with Crippen molar-refractivity contribution in [2.45, 2.75) is 71.1 Å². The molecule has 24 heavy (non-hydrogen) atoms. The zero-order valence-corrected chi connectivity index (χ0v) is 15.0. The molecule has 0 unspecified atom stereocenters. The van der Waals surface area contributed by atoms with Gasteiger partial charge in [-0.2, -0.15) is 0 Å². The molecule has 0 amide bonds. The lowest BCUT2D eigenvalue weighted by Gasteiger charge is -1.98. The van der Waals surface area contributed by atoms with E-state index in [1.807, 2.05) is 24.3 Å². The number of carboxylic acid groups (broad SMARTS) is 1. The summed E-state index contributed by atoms with van der Waals surface area (Å²) in [5.41, 5.74) is 0. The Kier molecular flexibility index (Phi) is 17.4. The number of unbranched alkanes of at least 4 members (excludes halogenated alkanes) is 8. The normalized spacial score (nSPS) is 11.7. The summed E-state index contributed by atoms with van der Waals surface area (Å²) in [7, 11) is 0. The van der Waals surface area contributed by atoms with E-state index in [2.05, 4.69) is 24.8 Å². The van der Waals surface area contributed by atoms with Crippen molar-refractivity contribution >= 4 is 5.97 Å². The maximum absolute atomic E-state index is 10.2. The van der Waals surface area contributed by atoms with Gasteiger partial charge in [0, 0.05) is 18.9 Å². The maximum atomic E-state index is 10.2. The third kappa shape index (κ3) is 20.0. The number of carboxylic acids is 1. The number of hydrogen-bond acceptors (Lipinski definition) is 1. The molecule has 0 bridgehead atoms. The highest BCUT2D eigenvalue weighted by molar-refractivity contribution is 5.80. The van der Waals surface area contributed by atoms with Crippen molar-refractivity contribution in [3.05, 3.63) is 48.6 Å². The monoisotopic (exact) mass is 328 g/mol. The lowest BCUT2D eigenvalue weighted by Crippen LogP contribution is -1.84. The van der Waals surface area contributed by atoms with E-state index in [1.165, 1.54) is 44.6 Å². The molecule has 0 aromatic carbocycles. The van der Waals surface area contributed by atoms with E-state index >= 15 is 0 Å². The molecule has 0 aromatic rings. The minimum atomic E-state index is -0.927. The van der Waals surface area contributed by atoms with Crippen LogP contribution in [0.4, 0.5) is 0 Å². The second-order valence-corrected chi connectivity index (χ2v) is 5.66. The summed E-state index contributed by atoms with van der Waals surface area (Å²) >= 11 is 0. The van der Waals surface area contributed by atoms with E-state index in [-0.39, 0.29) is 0 Å². The summed E-state index contributed by atoms with van der Waals surface area (Å²) in [5.74, 6) is 5.51. The average Bonchev–Trinajstić information content (AvgIpc) is 2.56. The Morgan fingerprint density at radius 1 is 0.792 bits per heavy atom. The van der Waals surface area contributed by atoms with Gasteiger partial charge in [-0.05, 0) is 25.7 Å². The molecule has 0 aliphatic carbocycles. The highest BCUT2D eigenvalue weighted by atomic mass is 16.4. The zero-order chi connectivity index (χ0) is 17.7. The lowest BCUT2D eigenvalue weighted by atomic mass is 10.1. The van der Waals surface area contributed by atoms with Crippen molar-refractivity contribution in [1.29, 1.82) is 0 Å². The molecule has 0 aliphatic rings. The first-order valence-electron chi connectivity index (χ1n) is 9.12. The van der Waals surface area contributed by atoms with Gasteiger partial charge >= 0.3 is 5.97 Å². The first-order chi connectivity index (χ1) is 11.8. The minimum absolute atomic E-state index is 0.927. The highest BCUT2D eigenvalue weighted by Crippen LogP contribution is 2.08. The van der Waals surface area contributed by atoms with Gasteiger partial charge in [0.25, 0.3) is 0 Å². The minimum Gasteiger partial charge on any atom is -0.478 e. The SMILES string of the molecule is CCCC#CCCCCCCCCC=CC=CC=CC=CC(=O)O. The van der Waals surface area contributed by atoms with Crippen molar-refractivity contribution in [2.75, 3.05) is 0 Å². The summed E-state index contributed by atoms with van der Waals surface area (Å²) in [6.45, 7) is 2.17. The number of hydrogen-bond donors (Lipinski definition) is 1. The van der Waals surface area contributed by atoms with Crippen LogP contribution in [-0.2, 0) is 4.79 Å². The first-order valence-corrected chi connectivity index (χ1v) is 9.12. The molecular weight excluding hydrogens is 296 g/mol. The topological polar surface area (TPSA) is 37.3 Å². The lowest BCUT2D eigenvalue weighted by molar-refractivity contribution is -0.131. The Morgan fingerprint density at radius 2 is 1.38 bits per heavy atom. The van der Waals surface area contributed by atoms with Crippen LogP contribution < -0.4 is 0 Å². The Labute approximate surface area is 148 Å². The van der Waals surface area contributed by atoms with Crippen LogP contribution in [0.1, 0.15) is 71.1 Å². The molecule has 132 valence electrons. The zero-order valence-electron chi connectivity index (χ0n) is 15.0. The second-order valence-electron chi connectivity index (χ2n) is 5.66. The van der Waals surface area contributed by atoms with E-state index in [4.69, 9.17) is 5.11 Å². The van der Waals surface area contributed by atoms with Gasteiger partial charge in [-0.25, -0.2) is 4.79 Å². The molecule has 0 heterocycles. The average molecular weight is 328 g/mol. The van der Waals surface area contributed by atoms with E-state index in [9.17, 15) is 4.79 Å². The molecule has 1 N–H and O–H groups in total. The van der Waals surface area contributed by atoms with E-state index in [0.717, 1.165) is 31.8 Å². The summed E-state index contributed by atoms with van der Waals surface area (Å²) < 4.78 is 0. The summed E-state index contributed by atoms with van der Waals surface area (Å²) in [6.07, 6.45) is 26.4. The summed E-state index contributed by atoms with van der Waals surface area (Å²) in [4.78, 5) is 10.2. The van der Waals surface area contributed by atoms with Crippen molar-refractivity contribution in [3.63, 3.8) is 0 Å². The van der Waals surface area contributed by atoms with Gasteiger partial charge in [0.05, 0.1) is 0 Å². The Balaban J connectivity index is 3.38. The maximum Gasteiger partial charge on any atom is 0.328 e. The van der Waals surface area contributed by atoms with Crippen LogP contribution >= 0.6 is 0 Å². The van der Waals surface area contributed by atoms with E-state index in [1.54, 1.807) is 6.08 Å². The molecule has 0 fully saturated rings. The molecule has 0 atom stereocenters. The van der Waals surface area contributed by atoms with Gasteiger partial charge < -0.3 is 5.11 Å². The second kappa shape index (κ2) is 19.0. The molecule has 0 aliphatic heterocycles. The van der Waals surface area contributed by atoms with Gasteiger partial charge in [-0.1, -0.05) is 75.1 Å². The molecule has 0 saturated carbocycles. The molecule has 2 nitrogen and oxygen atoms in total. The van der Waals surface area contributed by atoms with Crippen LogP contribution in [0, 0.1) is 11.8 Å². The fraction of sp³-hybridized carbons (Fsp3) is 0.500. The van der Waals surface area contributed by atoms with Crippen molar-refractivity contribution in [2.24, 2.45) is 0 Å². The predicted octanol–water partition coefficient (Wildman–Crippen LogP) is 6.22. The van der Waals surface area contributed by atoms with Crippen molar-refractivity contribution in [3.8, 4) is 11.8 Å². The quantitative estimate of drug-likeness (QED) is 0.188. The number of allylic oxidation sites excluding steroid dienone is 7. The van der Waals surface area contributed by atoms with Gasteiger partial charge in [0.15, 0.2) is 0 Å². The molecule has 0 rings (SSSR count). The summed E-state index contributed by atoms with van der Waals surface area (Å²) in [5, 5.41) is 8.40. The van der Waals surface area contributed by atoms with Crippen LogP contribution in [-0.4, -0.2) is 11.1 Å². The van der Waals surface area contributed by atoms with E-state index < -0.39 is 5.97 Å². The molecular formula is C22H32O2. The fourth-order valence-electron chi connectivity index (χ4n) is 2.05. The Hall–Kier alpha value is -2.01. The molecule has 2 heteroatoms.